The third-order valence-corrected chi connectivity index (χ3v) is 4.51. The van der Waals surface area contributed by atoms with E-state index in [1.807, 2.05) is 7.05 Å². The van der Waals surface area contributed by atoms with Crippen LogP contribution in [-0.2, 0) is 11.8 Å². The van der Waals surface area contributed by atoms with E-state index >= 15 is 0 Å². The minimum absolute atomic E-state index is 0.184. The molecule has 9 heteroatoms. The second-order valence-electron chi connectivity index (χ2n) is 4.87. The average Bonchev–Trinajstić information content (AvgIpc) is 2.95. The molecular formula is C15H14ClN5O2S. The number of hydrogen-bond acceptors (Lipinski definition) is 6. The predicted octanol–water partition coefficient (Wildman–Crippen LogP) is 2.76. The maximum atomic E-state index is 12.2. The van der Waals surface area contributed by atoms with E-state index in [1.54, 1.807) is 29.1 Å². The number of thioether (sulfide) groups is 1. The number of nitrogens with one attached hydrogen (secondary N) is 1. The summed E-state index contributed by atoms with van der Waals surface area (Å²) < 4.78 is 6.88. The number of ether oxygens (including phenoxy) is 1. The summed E-state index contributed by atoms with van der Waals surface area (Å²) >= 11 is 7.28. The summed E-state index contributed by atoms with van der Waals surface area (Å²) in [7, 11) is 3.34. The van der Waals surface area contributed by atoms with Crippen molar-refractivity contribution in [2.24, 2.45) is 7.05 Å². The van der Waals surface area contributed by atoms with Crippen molar-refractivity contribution >= 4 is 46.0 Å². The molecule has 0 saturated heterocycles. The number of aryl methyl sites for hydroxylation is 1. The highest BCUT2D eigenvalue weighted by Gasteiger charge is 2.12. The van der Waals surface area contributed by atoms with Gasteiger partial charge in [-0.25, -0.2) is 9.97 Å². The van der Waals surface area contributed by atoms with E-state index in [-0.39, 0.29) is 11.7 Å². The first-order valence-electron chi connectivity index (χ1n) is 6.97. The molecule has 0 aliphatic rings. The van der Waals surface area contributed by atoms with E-state index < -0.39 is 0 Å². The Morgan fingerprint density at radius 3 is 3.04 bits per heavy atom. The molecule has 124 valence electrons. The average molecular weight is 364 g/mol. The molecule has 0 radical (unpaired) electrons. The van der Waals surface area contributed by atoms with E-state index in [4.69, 9.17) is 16.3 Å². The Morgan fingerprint density at radius 2 is 2.25 bits per heavy atom. The van der Waals surface area contributed by atoms with Crippen molar-refractivity contribution in [2.45, 2.75) is 5.03 Å². The van der Waals surface area contributed by atoms with Gasteiger partial charge in [-0.2, -0.15) is 5.10 Å². The molecule has 2 heterocycles. The molecule has 0 aliphatic heterocycles. The van der Waals surface area contributed by atoms with Crippen molar-refractivity contribution in [3.05, 3.63) is 35.7 Å². The SMILES string of the molecule is COc1ccc(Cl)cc1NC(=O)CSc1ncnc2c1cnn2C. The second-order valence-corrected chi connectivity index (χ2v) is 6.27. The molecule has 2 aromatic heterocycles. The minimum Gasteiger partial charge on any atom is -0.495 e. The molecule has 3 aromatic rings. The number of methoxy groups -OCH3 is 1. The molecule has 7 nitrogen and oxygen atoms in total. The highest BCUT2D eigenvalue weighted by atomic mass is 35.5. The molecule has 1 amide bonds. The molecule has 1 N–H and O–H groups in total. The fourth-order valence-electron chi connectivity index (χ4n) is 2.15. The number of nitrogens with zero attached hydrogens (tertiary/aromatic N) is 4. The van der Waals surface area contributed by atoms with Crippen LogP contribution in [0.4, 0.5) is 5.69 Å². The van der Waals surface area contributed by atoms with Gasteiger partial charge in [0.2, 0.25) is 5.91 Å². The van der Waals surface area contributed by atoms with Gasteiger partial charge >= 0.3 is 0 Å². The number of amides is 1. The second kappa shape index (κ2) is 7.06. The molecule has 3 rings (SSSR count). The van der Waals surface area contributed by atoms with Gasteiger partial charge in [0.25, 0.3) is 0 Å². The lowest BCUT2D eigenvalue weighted by molar-refractivity contribution is -0.113. The summed E-state index contributed by atoms with van der Waals surface area (Å²) in [4.78, 5) is 20.6. The number of benzene rings is 1. The van der Waals surface area contributed by atoms with Crippen LogP contribution in [0.3, 0.4) is 0 Å². The van der Waals surface area contributed by atoms with Crippen molar-refractivity contribution in [3.8, 4) is 5.75 Å². The van der Waals surface area contributed by atoms with Crippen LogP contribution in [0.1, 0.15) is 0 Å². The van der Waals surface area contributed by atoms with Crippen LogP contribution in [0.2, 0.25) is 5.02 Å². The van der Waals surface area contributed by atoms with Gasteiger partial charge in [0.05, 0.1) is 30.1 Å². The first-order valence-corrected chi connectivity index (χ1v) is 8.33. The number of carbonyl (C=O) groups is 1. The Hall–Kier alpha value is -2.32. The van der Waals surface area contributed by atoms with Crippen LogP contribution >= 0.6 is 23.4 Å². The topological polar surface area (TPSA) is 81.9 Å². The third-order valence-electron chi connectivity index (χ3n) is 3.27. The Morgan fingerprint density at radius 1 is 1.42 bits per heavy atom. The minimum atomic E-state index is -0.184. The van der Waals surface area contributed by atoms with E-state index in [9.17, 15) is 4.79 Å². The lowest BCUT2D eigenvalue weighted by Crippen LogP contribution is -2.14. The maximum Gasteiger partial charge on any atom is 0.234 e. The fourth-order valence-corrected chi connectivity index (χ4v) is 3.09. The Bertz CT molecular complexity index is 899. The lowest BCUT2D eigenvalue weighted by atomic mass is 10.3. The van der Waals surface area contributed by atoms with E-state index in [0.717, 1.165) is 11.0 Å². The zero-order chi connectivity index (χ0) is 17.1. The van der Waals surface area contributed by atoms with Crippen molar-refractivity contribution in [2.75, 3.05) is 18.2 Å². The molecule has 0 atom stereocenters. The number of rotatable bonds is 5. The molecule has 0 bridgehead atoms. The standard InChI is InChI=1S/C15H14ClN5O2S/c1-21-14-10(6-19-21)15(18-8-17-14)24-7-13(22)20-11-5-9(16)3-4-12(11)23-2/h3-6,8H,7H2,1-2H3,(H,20,22). The van der Waals surface area contributed by atoms with Crippen molar-refractivity contribution in [1.29, 1.82) is 0 Å². The summed E-state index contributed by atoms with van der Waals surface area (Å²) in [5.41, 5.74) is 1.26. The van der Waals surface area contributed by atoms with Crippen molar-refractivity contribution < 1.29 is 9.53 Å². The van der Waals surface area contributed by atoms with Crippen LogP contribution in [0.15, 0.2) is 35.7 Å². The largest absolute Gasteiger partial charge is 0.495 e. The van der Waals surface area contributed by atoms with Crippen LogP contribution in [0, 0.1) is 0 Å². The summed E-state index contributed by atoms with van der Waals surface area (Å²) in [6, 6.07) is 5.05. The maximum absolute atomic E-state index is 12.2. The third kappa shape index (κ3) is 3.44. The molecule has 24 heavy (non-hydrogen) atoms. The Kier molecular flexibility index (Phi) is 4.86. The highest BCUT2D eigenvalue weighted by molar-refractivity contribution is 8.00. The molecule has 0 fully saturated rings. The Balaban J connectivity index is 1.70. The van der Waals surface area contributed by atoms with Gasteiger partial charge in [0.1, 0.15) is 17.1 Å². The molecule has 0 aliphatic carbocycles. The molecule has 0 spiro atoms. The van der Waals surface area contributed by atoms with Crippen molar-refractivity contribution in [1.82, 2.24) is 19.7 Å². The van der Waals surface area contributed by atoms with E-state index in [1.165, 1.54) is 25.2 Å². The van der Waals surface area contributed by atoms with E-state index in [2.05, 4.69) is 20.4 Å². The van der Waals surface area contributed by atoms with Gasteiger partial charge in [-0.15, -0.1) is 0 Å². The normalized spacial score (nSPS) is 10.8. The summed E-state index contributed by atoms with van der Waals surface area (Å²) in [5, 5.41) is 8.99. The van der Waals surface area contributed by atoms with Crippen molar-refractivity contribution in [3.63, 3.8) is 0 Å². The van der Waals surface area contributed by atoms with Gasteiger partial charge in [0.15, 0.2) is 5.65 Å². The van der Waals surface area contributed by atoms with E-state index in [0.29, 0.717) is 21.5 Å². The van der Waals surface area contributed by atoms with Gasteiger partial charge < -0.3 is 10.1 Å². The van der Waals surface area contributed by atoms with Gasteiger partial charge in [0, 0.05) is 12.1 Å². The molecule has 1 aromatic carbocycles. The van der Waals surface area contributed by atoms with Crippen LogP contribution in [0.5, 0.6) is 5.75 Å². The monoisotopic (exact) mass is 363 g/mol. The quantitative estimate of drug-likeness (QED) is 0.554. The van der Waals surface area contributed by atoms with Crippen LogP contribution in [-0.4, -0.2) is 38.5 Å². The summed E-state index contributed by atoms with van der Waals surface area (Å²) in [6.07, 6.45) is 3.15. The summed E-state index contributed by atoms with van der Waals surface area (Å²) in [5.74, 6) is 0.557. The van der Waals surface area contributed by atoms with Gasteiger partial charge in [-0.3, -0.25) is 9.48 Å². The number of anilines is 1. The molecular weight excluding hydrogens is 350 g/mol. The number of hydrogen-bond donors (Lipinski definition) is 1. The van der Waals surface area contributed by atoms with Gasteiger partial charge in [-0.05, 0) is 18.2 Å². The fraction of sp³-hybridized carbons (Fsp3) is 0.200. The van der Waals surface area contributed by atoms with Gasteiger partial charge in [-0.1, -0.05) is 23.4 Å². The number of aromatic nitrogens is 4. The Labute approximate surface area is 147 Å². The summed E-state index contributed by atoms with van der Waals surface area (Å²) in [6.45, 7) is 0. The van der Waals surface area contributed by atoms with Crippen LogP contribution in [0.25, 0.3) is 11.0 Å². The highest BCUT2D eigenvalue weighted by Crippen LogP contribution is 2.28. The first kappa shape index (κ1) is 16.5. The zero-order valence-corrected chi connectivity index (χ0v) is 14.6. The zero-order valence-electron chi connectivity index (χ0n) is 13.0. The first-order chi connectivity index (χ1) is 11.6. The molecule has 0 unspecified atom stereocenters. The number of fused-ring (bicyclic) bond motifs is 1. The smallest absolute Gasteiger partial charge is 0.234 e. The number of carbonyl (C=O) groups excluding carboxylic acids is 1. The predicted molar refractivity (Wildman–Crippen MR) is 93.7 cm³/mol. The lowest BCUT2D eigenvalue weighted by Gasteiger charge is -2.10. The number of halogens is 1. The molecule has 0 saturated carbocycles. The van der Waals surface area contributed by atoms with Crippen LogP contribution < -0.4 is 10.1 Å².